The minimum Gasteiger partial charge on any atom is -0.459 e. The van der Waals surface area contributed by atoms with Crippen molar-refractivity contribution in [1.29, 1.82) is 0 Å². The fraction of sp³-hybridized carbons (Fsp3) is 0.389. The molecule has 0 unspecified atom stereocenters. The minimum absolute atomic E-state index is 0.135. The average Bonchev–Trinajstić information content (AvgIpc) is 3.64. The monoisotopic (exact) mass is 710 g/mol. The Kier molecular flexibility index (Phi) is 9.96. The van der Waals surface area contributed by atoms with Gasteiger partial charge in [0.05, 0.1) is 23.5 Å². The Balaban J connectivity index is 1.60. The number of ether oxygens (including phenoxy) is 2. The van der Waals surface area contributed by atoms with E-state index in [1.807, 2.05) is 0 Å². The summed E-state index contributed by atoms with van der Waals surface area (Å²) in [6, 6.07) is 4.92. The van der Waals surface area contributed by atoms with Crippen LogP contribution in [0.25, 0.3) is 27.9 Å². The van der Waals surface area contributed by atoms with Crippen molar-refractivity contribution in [3.05, 3.63) is 77.4 Å². The standard InChI is InChI=1S/C36H38F4N6O5/c1-8-45(33(49)51-35(5,6)7)27-14-22(37)13-24-23(27)15-26-31(24)32(46-10-9-28(44-46)36(38,39)40)25(18-42-26)21-11-20(16-41-17-21)12-29(47)43-19-30(48)50-34(2,3)4/h9-11,13-14,16-18H,8,12,15,19H2,1-7H3,(H,43,47). The number of carbonyl (C=O) groups is 3. The lowest BCUT2D eigenvalue weighted by Gasteiger charge is -2.28. The Hall–Kier alpha value is -5.34. The summed E-state index contributed by atoms with van der Waals surface area (Å²) >= 11 is 0. The van der Waals surface area contributed by atoms with Gasteiger partial charge >= 0.3 is 18.2 Å². The predicted octanol–water partition coefficient (Wildman–Crippen LogP) is 6.82. The molecular weight excluding hydrogens is 672 g/mol. The van der Waals surface area contributed by atoms with Crippen molar-refractivity contribution in [1.82, 2.24) is 25.1 Å². The molecule has 270 valence electrons. The Morgan fingerprint density at radius 3 is 2.29 bits per heavy atom. The van der Waals surface area contributed by atoms with Crippen LogP contribution in [0.3, 0.4) is 0 Å². The maximum atomic E-state index is 15.5. The van der Waals surface area contributed by atoms with Crippen molar-refractivity contribution in [2.24, 2.45) is 0 Å². The molecule has 1 aliphatic rings. The number of pyridine rings is 2. The minimum atomic E-state index is -4.75. The van der Waals surface area contributed by atoms with Crippen LogP contribution in [0.15, 0.2) is 49.1 Å². The molecule has 5 rings (SSSR count). The van der Waals surface area contributed by atoms with E-state index in [2.05, 4.69) is 20.4 Å². The number of rotatable bonds is 8. The summed E-state index contributed by atoms with van der Waals surface area (Å²) in [7, 11) is 0. The molecule has 1 N–H and O–H groups in total. The van der Waals surface area contributed by atoms with Gasteiger partial charge in [-0.05, 0) is 89.4 Å². The van der Waals surface area contributed by atoms with Gasteiger partial charge in [0.15, 0.2) is 5.69 Å². The number of aromatic nitrogens is 4. The van der Waals surface area contributed by atoms with Gasteiger partial charge in [-0.2, -0.15) is 18.3 Å². The molecule has 0 saturated heterocycles. The highest BCUT2D eigenvalue weighted by Crippen LogP contribution is 2.47. The number of benzene rings is 1. The molecule has 15 heteroatoms. The molecule has 0 saturated carbocycles. The topological polar surface area (TPSA) is 129 Å². The summed E-state index contributed by atoms with van der Waals surface area (Å²) in [5.74, 6) is -1.79. The van der Waals surface area contributed by atoms with E-state index in [-0.39, 0.29) is 37.3 Å². The van der Waals surface area contributed by atoms with Gasteiger partial charge in [-0.1, -0.05) is 0 Å². The van der Waals surface area contributed by atoms with Gasteiger partial charge in [0.25, 0.3) is 0 Å². The summed E-state index contributed by atoms with van der Waals surface area (Å²) < 4.78 is 68.7. The second-order valence-electron chi connectivity index (χ2n) is 14.0. The van der Waals surface area contributed by atoms with E-state index in [1.165, 1.54) is 35.6 Å². The number of nitrogens with one attached hydrogen (secondary N) is 1. The zero-order chi connectivity index (χ0) is 37.5. The van der Waals surface area contributed by atoms with Crippen LogP contribution in [0.1, 0.15) is 71.0 Å². The van der Waals surface area contributed by atoms with Crippen LogP contribution < -0.4 is 10.2 Å². The lowest BCUT2D eigenvalue weighted by Crippen LogP contribution is -2.37. The number of esters is 1. The van der Waals surface area contributed by atoms with Crippen LogP contribution >= 0.6 is 0 Å². The van der Waals surface area contributed by atoms with Crippen molar-refractivity contribution in [3.63, 3.8) is 0 Å². The first kappa shape index (κ1) is 36.9. The number of amides is 2. The molecule has 3 aromatic heterocycles. The molecule has 0 bridgehead atoms. The molecule has 11 nitrogen and oxygen atoms in total. The quantitative estimate of drug-likeness (QED) is 0.137. The van der Waals surface area contributed by atoms with E-state index in [0.29, 0.717) is 39.1 Å². The fourth-order valence-corrected chi connectivity index (χ4v) is 5.69. The fourth-order valence-electron chi connectivity index (χ4n) is 5.69. The van der Waals surface area contributed by atoms with Gasteiger partial charge in [-0.25, -0.2) is 13.9 Å². The summed E-state index contributed by atoms with van der Waals surface area (Å²) in [5, 5.41) is 6.36. The van der Waals surface area contributed by atoms with Crippen LogP contribution in [-0.4, -0.2) is 62.0 Å². The number of hydrogen-bond donors (Lipinski definition) is 1. The molecule has 0 aliphatic heterocycles. The zero-order valence-electron chi connectivity index (χ0n) is 29.2. The molecule has 0 fully saturated rings. The first-order valence-electron chi connectivity index (χ1n) is 16.2. The molecule has 1 aliphatic carbocycles. The highest BCUT2D eigenvalue weighted by atomic mass is 19.4. The summed E-state index contributed by atoms with van der Waals surface area (Å²) in [5.41, 5.74) is 0.417. The molecule has 51 heavy (non-hydrogen) atoms. The van der Waals surface area contributed by atoms with Gasteiger partial charge in [0.2, 0.25) is 5.91 Å². The van der Waals surface area contributed by atoms with E-state index in [0.717, 1.165) is 16.9 Å². The van der Waals surface area contributed by atoms with Gasteiger partial charge in [-0.3, -0.25) is 24.5 Å². The molecule has 2 amide bonds. The number of alkyl halides is 3. The van der Waals surface area contributed by atoms with E-state index < -0.39 is 46.9 Å². The van der Waals surface area contributed by atoms with E-state index in [9.17, 15) is 27.6 Å². The highest BCUT2D eigenvalue weighted by Gasteiger charge is 2.36. The number of anilines is 1. The number of halogens is 4. The predicted molar refractivity (Wildman–Crippen MR) is 180 cm³/mol. The SMILES string of the molecule is CCN(C(=O)OC(C)(C)C)c1cc(F)cc2c1Cc1ncc(-c3cncc(CC(=O)NCC(=O)OC(C)(C)C)c3)c(-n3ccc(C(F)(F)F)n3)c1-2. The lowest BCUT2D eigenvalue weighted by molar-refractivity contribution is -0.154. The number of carbonyl (C=O) groups excluding carboxylic acids is 3. The Morgan fingerprint density at radius 2 is 1.67 bits per heavy atom. The third kappa shape index (κ3) is 8.52. The zero-order valence-corrected chi connectivity index (χ0v) is 29.2. The molecule has 4 aromatic rings. The van der Waals surface area contributed by atoms with Crippen molar-refractivity contribution in [2.45, 2.75) is 78.7 Å². The summed E-state index contributed by atoms with van der Waals surface area (Å²) in [6.45, 7) is 11.8. The summed E-state index contributed by atoms with van der Waals surface area (Å²) in [4.78, 5) is 48.2. The second-order valence-corrected chi connectivity index (χ2v) is 14.0. The molecule has 3 heterocycles. The third-order valence-corrected chi connectivity index (χ3v) is 7.58. The Morgan fingerprint density at radius 1 is 0.961 bits per heavy atom. The molecular formula is C36H38F4N6O5. The van der Waals surface area contributed by atoms with Crippen LogP contribution in [0.5, 0.6) is 0 Å². The van der Waals surface area contributed by atoms with Crippen molar-refractivity contribution in [2.75, 3.05) is 18.0 Å². The van der Waals surface area contributed by atoms with Gasteiger partial charge in [-0.15, -0.1) is 0 Å². The van der Waals surface area contributed by atoms with Crippen molar-refractivity contribution >= 4 is 23.7 Å². The van der Waals surface area contributed by atoms with Crippen molar-refractivity contribution < 1.29 is 41.4 Å². The van der Waals surface area contributed by atoms with Gasteiger partial charge in [0, 0.05) is 54.4 Å². The Bertz CT molecular complexity index is 2000. The van der Waals surface area contributed by atoms with Crippen LogP contribution in [-0.2, 0) is 38.1 Å². The molecule has 0 spiro atoms. The normalized spacial score (nSPS) is 12.6. The maximum absolute atomic E-state index is 15.5. The van der Waals surface area contributed by atoms with Gasteiger partial charge in [0.1, 0.15) is 23.6 Å². The van der Waals surface area contributed by atoms with E-state index in [1.54, 1.807) is 54.5 Å². The lowest BCUT2D eigenvalue weighted by atomic mass is 9.98. The number of nitrogens with zero attached hydrogens (tertiary/aromatic N) is 5. The summed E-state index contributed by atoms with van der Waals surface area (Å²) in [6.07, 6.45) is 0.0322. The highest BCUT2D eigenvalue weighted by molar-refractivity contribution is 5.96. The molecule has 1 aromatic carbocycles. The number of hydrogen-bond acceptors (Lipinski definition) is 8. The van der Waals surface area contributed by atoms with Gasteiger partial charge < -0.3 is 14.8 Å². The van der Waals surface area contributed by atoms with Crippen LogP contribution in [0, 0.1) is 5.82 Å². The first-order chi connectivity index (χ1) is 23.7. The molecule has 0 atom stereocenters. The third-order valence-electron chi connectivity index (χ3n) is 7.58. The number of fused-ring (bicyclic) bond motifs is 3. The van der Waals surface area contributed by atoms with E-state index in [4.69, 9.17) is 9.47 Å². The smallest absolute Gasteiger partial charge is 0.435 e. The maximum Gasteiger partial charge on any atom is 0.435 e. The second kappa shape index (κ2) is 13.8. The molecule has 0 radical (unpaired) electrons. The van der Waals surface area contributed by atoms with Crippen LogP contribution in [0.2, 0.25) is 0 Å². The first-order valence-corrected chi connectivity index (χ1v) is 16.2. The van der Waals surface area contributed by atoms with Crippen LogP contribution in [0.4, 0.5) is 28.0 Å². The largest absolute Gasteiger partial charge is 0.459 e. The van der Waals surface area contributed by atoms with E-state index >= 15 is 4.39 Å². The Labute approximate surface area is 292 Å². The van der Waals surface area contributed by atoms with Crippen molar-refractivity contribution in [3.8, 4) is 27.9 Å². The average molecular weight is 711 g/mol.